The normalized spacial score (nSPS) is 41.7. The molecule has 1 heterocycles. The molecule has 31 heavy (non-hydrogen) atoms. The van der Waals surface area contributed by atoms with Crippen molar-refractivity contribution in [2.45, 2.75) is 69.1 Å². The van der Waals surface area contributed by atoms with Crippen LogP contribution in [0, 0.1) is 23.2 Å². The first-order chi connectivity index (χ1) is 15.0. The summed E-state index contributed by atoms with van der Waals surface area (Å²) in [7, 11) is 3.37. The molecule has 5 aliphatic rings. The van der Waals surface area contributed by atoms with E-state index in [9.17, 15) is 9.59 Å². The Morgan fingerprint density at radius 2 is 2.06 bits per heavy atom. The number of carbonyl (C=O) groups excluding carboxylic acids is 2. The summed E-state index contributed by atoms with van der Waals surface area (Å²) in [6.45, 7) is 2.01. The molecule has 6 nitrogen and oxygen atoms in total. The number of amides is 1. The van der Waals surface area contributed by atoms with Crippen molar-refractivity contribution in [1.29, 1.82) is 0 Å². The minimum atomic E-state index is -0.624. The van der Waals surface area contributed by atoms with Crippen molar-refractivity contribution in [1.82, 2.24) is 5.32 Å². The summed E-state index contributed by atoms with van der Waals surface area (Å²) in [5, 5.41) is 3.40. The fourth-order valence-corrected chi connectivity index (χ4v) is 7.53. The van der Waals surface area contributed by atoms with E-state index >= 15 is 0 Å². The quantitative estimate of drug-likeness (QED) is 0.735. The van der Waals surface area contributed by atoms with Crippen LogP contribution < -0.4 is 14.8 Å². The number of hydrogen-bond donors (Lipinski definition) is 1. The molecule has 1 aliphatic heterocycles. The van der Waals surface area contributed by atoms with Crippen LogP contribution in [0.5, 0.6) is 11.5 Å². The van der Waals surface area contributed by atoms with Gasteiger partial charge in [0, 0.05) is 30.0 Å². The van der Waals surface area contributed by atoms with Gasteiger partial charge in [0.05, 0.1) is 12.5 Å². The molecule has 1 spiro atoms. The second kappa shape index (κ2) is 6.47. The average Bonchev–Trinajstić information content (AvgIpc) is 3.56. The molecule has 4 aliphatic carbocycles. The van der Waals surface area contributed by atoms with Gasteiger partial charge in [0.1, 0.15) is 18.5 Å². The highest BCUT2D eigenvalue weighted by Crippen LogP contribution is 2.68. The van der Waals surface area contributed by atoms with Crippen LogP contribution in [0.25, 0.3) is 0 Å². The zero-order chi connectivity index (χ0) is 21.5. The highest BCUT2D eigenvalue weighted by molar-refractivity contribution is 5.81. The van der Waals surface area contributed by atoms with E-state index in [1.807, 2.05) is 13.0 Å². The zero-order valence-corrected chi connectivity index (χ0v) is 18.5. The minimum Gasteiger partial charge on any atom is -0.493 e. The number of rotatable bonds is 5. The standard InChI is InChI=1S/C25H31NO5/c1-24(12-27)11-16-15-10-14-6-7-18(29-2)20-19(14)25(16,22(31-20)21(24)30-3)9-8-17(15)26-23(28)13-4-5-13/h6-7,12-13,15-17,21-22H,4-5,8-11H2,1-3H3,(H,26,28)/t15-,16?,17?,21?,22+,24-,25+/m1/s1. The van der Waals surface area contributed by atoms with Gasteiger partial charge in [-0.05, 0) is 62.0 Å². The molecular weight excluding hydrogens is 394 g/mol. The van der Waals surface area contributed by atoms with Crippen LogP contribution in [0.4, 0.5) is 0 Å². The van der Waals surface area contributed by atoms with Gasteiger partial charge in [0.2, 0.25) is 5.91 Å². The van der Waals surface area contributed by atoms with Crippen molar-refractivity contribution < 1.29 is 23.8 Å². The molecule has 2 bridgehead atoms. The summed E-state index contributed by atoms with van der Waals surface area (Å²) < 4.78 is 18.3. The highest BCUT2D eigenvalue weighted by Gasteiger charge is 2.70. The van der Waals surface area contributed by atoms with Crippen LogP contribution in [0.3, 0.4) is 0 Å². The number of carbonyl (C=O) groups is 2. The van der Waals surface area contributed by atoms with Gasteiger partial charge >= 0.3 is 0 Å². The Kier molecular flexibility index (Phi) is 4.09. The van der Waals surface area contributed by atoms with Gasteiger partial charge in [0.15, 0.2) is 11.5 Å². The third-order valence-electron chi connectivity index (χ3n) is 9.05. The lowest BCUT2D eigenvalue weighted by Crippen LogP contribution is -2.69. The molecule has 0 aromatic heterocycles. The summed E-state index contributed by atoms with van der Waals surface area (Å²) in [6.07, 6.45) is 6.07. The largest absolute Gasteiger partial charge is 0.493 e. The van der Waals surface area contributed by atoms with Crippen molar-refractivity contribution in [3.8, 4) is 11.5 Å². The number of methoxy groups -OCH3 is 2. The maximum Gasteiger partial charge on any atom is 0.223 e. The first kappa shape index (κ1) is 19.6. The van der Waals surface area contributed by atoms with Gasteiger partial charge in [-0.2, -0.15) is 0 Å². The van der Waals surface area contributed by atoms with Crippen molar-refractivity contribution in [3.63, 3.8) is 0 Å². The molecule has 166 valence electrons. The predicted molar refractivity (Wildman–Crippen MR) is 113 cm³/mol. The van der Waals surface area contributed by atoms with Gasteiger partial charge in [-0.15, -0.1) is 0 Å². The van der Waals surface area contributed by atoms with Gasteiger partial charge in [0.25, 0.3) is 0 Å². The fraction of sp³-hybridized carbons (Fsp3) is 0.680. The molecule has 0 saturated heterocycles. The first-order valence-corrected chi connectivity index (χ1v) is 11.6. The molecule has 3 unspecified atom stereocenters. The van der Waals surface area contributed by atoms with E-state index in [0.29, 0.717) is 5.92 Å². The maximum atomic E-state index is 12.7. The Labute approximate surface area is 183 Å². The summed E-state index contributed by atoms with van der Waals surface area (Å²) in [5.41, 5.74) is 1.77. The molecule has 1 N–H and O–H groups in total. The van der Waals surface area contributed by atoms with Crippen molar-refractivity contribution in [2.75, 3.05) is 14.2 Å². The Bertz CT molecular complexity index is 957. The van der Waals surface area contributed by atoms with Crippen LogP contribution in [0.15, 0.2) is 12.1 Å². The number of hydrogen-bond acceptors (Lipinski definition) is 5. The molecule has 1 aromatic rings. The van der Waals surface area contributed by atoms with Gasteiger partial charge in [-0.3, -0.25) is 4.79 Å². The number of ether oxygens (including phenoxy) is 3. The van der Waals surface area contributed by atoms with E-state index < -0.39 is 5.41 Å². The maximum absolute atomic E-state index is 12.7. The lowest BCUT2D eigenvalue weighted by atomic mass is 9.43. The van der Waals surface area contributed by atoms with Crippen LogP contribution in [0.2, 0.25) is 0 Å². The third-order valence-corrected chi connectivity index (χ3v) is 9.05. The molecule has 0 radical (unpaired) electrons. The Hall–Kier alpha value is -2.08. The summed E-state index contributed by atoms with van der Waals surface area (Å²) in [6, 6.07) is 4.32. The Morgan fingerprint density at radius 1 is 1.26 bits per heavy atom. The van der Waals surface area contributed by atoms with Crippen LogP contribution in [-0.4, -0.2) is 44.7 Å². The summed E-state index contributed by atoms with van der Waals surface area (Å²) >= 11 is 0. The first-order valence-electron chi connectivity index (χ1n) is 11.6. The average molecular weight is 426 g/mol. The molecule has 3 saturated carbocycles. The zero-order valence-electron chi connectivity index (χ0n) is 18.5. The SMILES string of the molecule is COc1ccc2c3c1O[C@H]1C(OC)[C@@](C)(C=O)CC4[C@@H](C2)C(NC(=O)C2CC2)CC[C@@]341. The topological polar surface area (TPSA) is 73.9 Å². The van der Waals surface area contributed by atoms with Crippen molar-refractivity contribution >= 4 is 12.2 Å². The highest BCUT2D eigenvalue weighted by atomic mass is 16.6. The minimum absolute atomic E-state index is 0.152. The Morgan fingerprint density at radius 3 is 2.74 bits per heavy atom. The van der Waals surface area contributed by atoms with Gasteiger partial charge in [-0.25, -0.2) is 0 Å². The van der Waals surface area contributed by atoms with E-state index in [2.05, 4.69) is 11.4 Å². The van der Waals surface area contributed by atoms with Crippen molar-refractivity contribution in [3.05, 3.63) is 23.3 Å². The number of nitrogens with one attached hydrogen (secondary N) is 1. The fourth-order valence-electron chi connectivity index (χ4n) is 7.53. The van der Waals surface area contributed by atoms with E-state index in [-0.39, 0.29) is 41.4 Å². The molecular formula is C25H31NO5. The van der Waals surface area contributed by atoms with E-state index in [4.69, 9.17) is 14.2 Å². The van der Waals surface area contributed by atoms with Crippen LogP contribution in [-0.2, 0) is 26.2 Å². The van der Waals surface area contributed by atoms with Gasteiger partial charge < -0.3 is 24.3 Å². The van der Waals surface area contributed by atoms with E-state index in [0.717, 1.165) is 56.3 Å². The molecule has 6 rings (SSSR count). The Balaban J connectivity index is 1.50. The predicted octanol–water partition coefficient (Wildman–Crippen LogP) is 2.80. The molecule has 7 atom stereocenters. The lowest BCUT2D eigenvalue weighted by Gasteiger charge is -2.61. The second-order valence-corrected chi connectivity index (χ2v) is 10.6. The molecule has 6 heteroatoms. The van der Waals surface area contributed by atoms with Crippen LogP contribution in [0.1, 0.15) is 50.2 Å². The number of benzene rings is 1. The van der Waals surface area contributed by atoms with E-state index in [1.165, 1.54) is 11.1 Å². The molecule has 3 fully saturated rings. The number of aldehydes is 1. The smallest absolute Gasteiger partial charge is 0.223 e. The lowest BCUT2D eigenvalue weighted by molar-refractivity contribution is -0.171. The van der Waals surface area contributed by atoms with Crippen LogP contribution >= 0.6 is 0 Å². The molecule has 1 aromatic carbocycles. The second-order valence-electron chi connectivity index (χ2n) is 10.6. The third kappa shape index (κ3) is 2.43. The van der Waals surface area contributed by atoms with Gasteiger partial charge in [-0.1, -0.05) is 13.0 Å². The summed E-state index contributed by atoms with van der Waals surface area (Å²) in [4.78, 5) is 25.0. The molecule has 1 amide bonds. The van der Waals surface area contributed by atoms with Crippen molar-refractivity contribution in [2.24, 2.45) is 23.2 Å². The van der Waals surface area contributed by atoms with E-state index in [1.54, 1.807) is 14.2 Å². The summed E-state index contributed by atoms with van der Waals surface area (Å²) in [5.74, 6) is 2.57. The monoisotopic (exact) mass is 425 g/mol.